The van der Waals surface area contributed by atoms with Crippen LogP contribution in [0.4, 0.5) is 0 Å². The quantitative estimate of drug-likeness (QED) is 0.791. The van der Waals surface area contributed by atoms with Gasteiger partial charge in [0.15, 0.2) is 0 Å². The molecule has 0 radical (unpaired) electrons. The SMILES string of the molecule is CC(C)(O)C(C)(C)OB(O)C1=CCN(Cc2ccccc2)CC1. The first-order chi connectivity index (χ1) is 10.7. The molecule has 5 heteroatoms. The maximum atomic E-state index is 10.3. The van der Waals surface area contributed by atoms with Gasteiger partial charge >= 0.3 is 7.12 Å². The van der Waals surface area contributed by atoms with Crippen LogP contribution in [0.15, 0.2) is 41.9 Å². The van der Waals surface area contributed by atoms with Crippen LogP contribution in [0.5, 0.6) is 0 Å². The molecule has 0 fully saturated rings. The standard InChI is InChI=1S/C18H28BNO3/c1-17(2,21)18(3,4)23-19(22)16-10-12-20(13-11-16)14-15-8-6-5-7-9-15/h5-10,21-22H,11-14H2,1-4H3. The number of nitrogens with zero attached hydrogens (tertiary/aromatic N) is 1. The van der Waals surface area contributed by atoms with Crippen molar-refractivity contribution in [3.63, 3.8) is 0 Å². The van der Waals surface area contributed by atoms with Crippen LogP contribution in [0.25, 0.3) is 0 Å². The van der Waals surface area contributed by atoms with Crippen molar-refractivity contribution in [1.29, 1.82) is 0 Å². The van der Waals surface area contributed by atoms with E-state index < -0.39 is 18.3 Å². The lowest BCUT2D eigenvalue weighted by Gasteiger charge is -2.39. The van der Waals surface area contributed by atoms with Gasteiger partial charge in [0.05, 0.1) is 11.2 Å². The topological polar surface area (TPSA) is 52.9 Å². The summed E-state index contributed by atoms with van der Waals surface area (Å²) in [6.45, 7) is 9.57. The van der Waals surface area contributed by atoms with Crippen LogP contribution in [0.1, 0.15) is 39.7 Å². The van der Waals surface area contributed by atoms with Gasteiger partial charge in [0, 0.05) is 19.6 Å². The van der Waals surface area contributed by atoms with Crippen molar-refractivity contribution in [1.82, 2.24) is 4.90 Å². The second-order valence-corrected chi connectivity index (χ2v) is 7.29. The summed E-state index contributed by atoms with van der Waals surface area (Å²) in [6, 6.07) is 10.4. The Morgan fingerprint density at radius 3 is 2.35 bits per heavy atom. The normalized spacial score (nSPS) is 17.0. The first-order valence-electron chi connectivity index (χ1n) is 8.22. The van der Waals surface area contributed by atoms with Gasteiger partial charge in [-0.3, -0.25) is 4.90 Å². The summed E-state index contributed by atoms with van der Waals surface area (Å²) in [6.07, 6.45) is 2.81. The molecule has 4 nitrogen and oxygen atoms in total. The Labute approximate surface area is 139 Å². The third-order valence-corrected chi connectivity index (χ3v) is 4.77. The second-order valence-electron chi connectivity index (χ2n) is 7.29. The van der Waals surface area contributed by atoms with E-state index in [4.69, 9.17) is 4.65 Å². The molecule has 2 N–H and O–H groups in total. The highest BCUT2D eigenvalue weighted by atomic mass is 16.5. The molecule has 1 aliphatic heterocycles. The average Bonchev–Trinajstić information content (AvgIpc) is 2.47. The fraction of sp³-hybridized carbons (Fsp3) is 0.556. The van der Waals surface area contributed by atoms with Crippen molar-refractivity contribution in [2.45, 2.75) is 51.9 Å². The molecule has 0 amide bonds. The van der Waals surface area contributed by atoms with E-state index in [0.717, 1.165) is 31.5 Å². The summed E-state index contributed by atoms with van der Waals surface area (Å²) in [7, 11) is -0.963. The van der Waals surface area contributed by atoms with Crippen LogP contribution < -0.4 is 0 Å². The molecule has 0 unspecified atom stereocenters. The molecular weight excluding hydrogens is 289 g/mol. The van der Waals surface area contributed by atoms with Gasteiger partial charge in [-0.05, 0) is 45.2 Å². The number of hydrogen-bond acceptors (Lipinski definition) is 4. The molecule has 0 aliphatic carbocycles. The van der Waals surface area contributed by atoms with Crippen molar-refractivity contribution < 1.29 is 14.8 Å². The largest absolute Gasteiger partial charge is 0.487 e. The Balaban J connectivity index is 1.91. The molecule has 1 aromatic carbocycles. The van der Waals surface area contributed by atoms with Crippen molar-refractivity contribution >= 4 is 7.12 Å². The minimum Gasteiger partial charge on any atom is -0.423 e. The molecule has 0 aromatic heterocycles. The summed E-state index contributed by atoms with van der Waals surface area (Å²) in [5.41, 5.74) is 0.340. The molecule has 1 aromatic rings. The highest BCUT2D eigenvalue weighted by Gasteiger charge is 2.40. The lowest BCUT2D eigenvalue weighted by Crippen LogP contribution is -2.51. The third kappa shape index (κ3) is 4.92. The second kappa shape index (κ2) is 7.18. The molecule has 126 valence electrons. The molecule has 1 heterocycles. The van der Waals surface area contributed by atoms with E-state index in [1.165, 1.54) is 5.56 Å². The van der Waals surface area contributed by atoms with Crippen LogP contribution in [-0.2, 0) is 11.2 Å². The molecule has 0 spiro atoms. The first-order valence-corrected chi connectivity index (χ1v) is 8.22. The van der Waals surface area contributed by atoms with E-state index in [2.05, 4.69) is 29.2 Å². The van der Waals surface area contributed by atoms with Crippen LogP contribution >= 0.6 is 0 Å². The molecule has 0 atom stereocenters. The summed E-state index contributed by atoms with van der Waals surface area (Å²) in [5, 5.41) is 20.5. The number of rotatable bonds is 6. The zero-order valence-corrected chi connectivity index (χ0v) is 14.6. The molecule has 23 heavy (non-hydrogen) atoms. The molecule has 1 aliphatic rings. The molecule has 0 bridgehead atoms. The van der Waals surface area contributed by atoms with Crippen molar-refractivity contribution in [2.24, 2.45) is 0 Å². The maximum absolute atomic E-state index is 10.3. The number of hydrogen-bond donors (Lipinski definition) is 2. The fourth-order valence-corrected chi connectivity index (χ4v) is 2.44. The molecule has 2 rings (SSSR count). The van der Waals surface area contributed by atoms with Crippen LogP contribution in [0.2, 0.25) is 0 Å². The zero-order chi connectivity index (χ0) is 17.1. The van der Waals surface area contributed by atoms with Gasteiger partial charge in [0.25, 0.3) is 0 Å². The Hall–Kier alpha value is -1.14. The maximum Gasteiger partial charge on any atom is 0.487 e. The van der Waals surface area contributed by atoms with Crippen LogP contribution in [0.3, 0.4) is 0 Å². The molecular formula is C18H28BNO3. The summed E-state index contributed by atoms with van der Waals surface area (Å²) >= 11 is 0. The van der Waals surface area contributed by atoms with E-state index in [0.29, 0.717) is 0 Å². The zero-order valence-electron chi connectivity index (χ0n) is 14.6. The Morgan fingerprint density at radius 1 is 1.17 bits per heavy atom. The lowest BCUT2D eigenvalue weighted by atomic mass is 9.73. The van der Waals surface area contributed by atoms with Gasteiger partial charge in [-0.15, -0.1) is 0 Å². The van der Waals surface area contributed by atoms with E-state index in [-0.39, 0.29) is 0 Å². The van der Waals surface area contributed by atoms with Gasteiger partial charge in [0.2, 0.25) is 0 Å². The van der Waals surface area contributed by atoms with Gasteiger partial charge in [-0.2, -0.15) is 0 Å². The smallest absolute Gasteiger partial charge is 0.423 e. The van der Waals surface area contributed by atoms with Gasteiger partial charge < -0.3 is 14.8 Å². The highest BCUT2D eigenvalue weighted by Crippen LogP contribution is 2.27. The van der Waals surface area contributed by atoms with E-state index in [9.17, 15) is 10.1 Å². The van der Waals surface area contributed by atoms with Gasteiger partial charge in [-0.1, -0.05) is 36.4 Å². The minimum atomic E-state index is -1.03. The van der Waals surface area contributed by atoms with Crippen LogP contribution in [-0.4, -0.2) is 46.4 Å². The minimum absolute atomic E-state index is 0.774. The predicted octanol–water partition coefficient (Wildman–Crippen LogP) is 2.40. The number of aliphatic hydroxyl groups is 1. The van der Waals surface area contributed by atoms with E-state index in [1.54, 1.807) is 27.7 Å². The first kappa shape index (κ1) is 18.2. The summed E-state index contributed by atoms with van der Waals surface area (Å²) in [5.74, 6) is 0. The monoisotopic (exact) mass is 317 g/mol. The summed E-state index contributed by atoms with van der Waals surface area (Å²) < 4.78 is 5.71. The molecule has 0 saturated heterocycles. The summed E-state index contributed by atoms with van der Waals surface area (Å²) in [4.78, 5) is 2.34. The highest BCUT2D eigenvalue weighted by molar-refractivity contribution is 6.52. The third-order valence-electron chi connectivity index (χ3n) is 4.77. The molecule has 0 saturated carbocycles. The van der Waals surface area contributed by atoms with Gasteiger partial charge in [0.1, 0.15) is 0 Å². The van der Waals surface area contributed by atoms with Gasteiger partial charge in [-0.25, -0.2) is 0 Å². The van der Waals surface area contributed by atoms with Crippen molar-refractivity contribution in [2.75, 3.05) is 13.1 Å². The fourth-order valence-electron chi connectivity index (χ4n) is 2.44. The van der Waals surface area contributed by atoms with Crippen molar-refractivity contribution in [3.8, 4) is 0 Å². The Morgan fingerprint density at radius 2 is 1.83 bits per heavy atom. The Bertz CT molecular complexity index is 537. The van der Waals surface area contributed by atoms with E-state index in [1.807, 2.05) is 12.1 Å². The Kier molecular flexibility index (Phi) is 5.68. The lowest BCUT2D eigenvalue weighted by molar-refractivity contribution is -0.0990. The van der Waals surface area contributed by atoms with Crippen LogP contribution in [0, 0.1) is 0 Å². The average molecular weight is 317 g/mol. The number of benzene rings is 1. The van der Waals surface area contributed by atoms with E-state index >= 15 is 0 Å². The van der Waals surface area contributed by atoms with Crippen molar-refractivity contribution in [3.05, 3.63) is 47.4 Å². The predicted molar refractivity (Wildman–Crippen MR) is 93.9 cm³/mol.